The Kier molecular flexibility index (Phi) is 8.05. The number of hydrogen-bond donors (Lipinski definition) is 1. The maximum absolute atomic E-state index is 10.8. The highest BCUT2D eigenvalue weighted by molar-refractivity contribution is 5.80. The zero-order valence-corrected chi connectivity index (χ0v) is 18.0. The molecule has 1 aliphatic heterocycles. The van der Waals surface area contributed by atoms with Crippen molar-refractivity contribution in [1.29, 1.82) is 0 Å². The van der Waals surface area contributed by atoms with E-state index in [1.807, 2.05) is 12.1 Å². The Balaban J connectivity index is 1.64. The molecule has 0 bridgehead atoms. The number of nitro benzene ring substituents is 1. The molecule has 0 amide bonds. The third-order valence-electron chi connectivity index (χ3n) is 5.15. The Hall–Kier alpha value is -3.33. The number of aliphatic imine (C=N–C) groups is 1. The summed E-state index contributed by atoms with van der Waals surface area (Å²) in [4.78, 5) is 19.8. The molecule has 1 heterocycles. The Morgan fingerprint density at radius 3 is 2.52 bits per heavy atom. The minimum absolute atomic E-state index is 0.0832. The van der Waals surface area contributed by atoms with E-state index in [0.717, 1.165) is 49.1 Å². The van der Waals surface area contributed by atoms with Crippen molar-refractivity contribution in [2.45, 2.75) is 6.54 Å². The SMILES string of the molecule is COCCNC(=NCc1ccc([N+](=O)[O-])cc1)N1CCN(c2cccc(OC)c2)CC1. The number of benzene rings is 2. The lowest BCUT2D eigenvalue weighted by Gasteiger charge is -2.37. The summed E-state index contributed by atoms with van der Waals surface area (Å²) in [5.41, 5.74) is 2.15. The summed E-state index contributed by atoms with van der Waals surface area (Å²) in [6, 6.07) is 14.6. The van der Waals surface area contributed by atoms with Crippen molar-refractivity contribution in [2.75, 3.05) is 58.5 Å². The minimum Gasteiger partial charge on any atom is -0.497 e. The lowest BCUT2D eigenvalue weighted by Crippen LogP contribution is -2.53. The van der Waals surface area contributed by atoms with Gasteiger partial charge in [0.25, 0.3) is 5.69 Å². The molecule has 3 rings (SSSR count). The Bertz CT molecular complexity index is 880. The molecule has 9 heteroatoms. The molecule has 166 valence electrons. The number of nitro groups is 1. The first-order valence-corrected chi connectivity index (χ1v) is 10.2. The van der Waals surface area contributed by atoms with Gasteiger partial charge in [0.2, 0.25) is 0 Å². The number of piperazine rings is 1. The molecule has 2 aromatic carbocycles. The average molecular weight is 428 g/mol. The van der Waals surface area contributed by atoms with Gasteiger partial charge in [-0.25, -0.2) is 4.99 Å². The number of hydrogen-bond acceptors (Lipinski definition) is 6. The van der Waals surface area contributed by atoms with Crippen molar-refractivity contribution in [3.63, 3.8) is 0 Å². The van der Waals surface area contributed by atoms with Crippen molar-refractivity contribution < 1.29 is 14.4 Å². The molecule has 9 nitrogen and oxygen atoms in total. The van der Waals surface area contributed by atoms with Crippen molar-refractivity contribution in [2.24, 2.45) is 4.99 Å². The van der Waals surface area contributed by atoms with Crippen molar-refractivity contribution in [1.82, 2.24) is 10.2 Å². The van der Waals surface area contributed by atoms with Gasteiger partial charge in [-0.15, -0.1) is 0 Å². The molecule has 0 saturated carbocycles. The van der Waals surface area contributed by atoms with Gasteiger partial charge in [-0.3, -0.25) is 10.1 Å². The van der Waals surface area contributed by atoms with E-state index in [1.165, 1.54) is 12.1 Å². The van der Waals surface area contributed by atoms with E-state index < -0.39 is 4.92 Å². The summed E-state index contributed by atoms with van der Waals surface area (Å²) in [6.07, 6.45) is 0. The third kappa shape index (κ3) is 6.32. The van der Waals surface area contributed by atoms with Gasteiger partial charge >= 0.3 is 0 Å². The fourth-order valence-electron chi connectivity index (χ4n) is 3.41. The zero-order chi connectivity index (χ0) is 22.1. The normalized spacial score (nSPS) is 14.5. The van der Waals surface area contributed by atoms with Crippen LogP contribution >= 0.6 is 0 Å². The first-order valence-electron chi connectivity index (χ1n) is 10.2. The summed E-state index contributed by atoms with van der Waals surface area (Å²) < 4.78 is 10.5. The molecule has 0 unspecified atom stereocenters. The highest BCUT2D eigenvalue weighted by Gasteiger charge is 2.20. The first kappa shape index (κ1) is 22.4. The first-order chi connectivity index (χ1) is 15.1. The minimum atomic E-state index is -0.396. The van der Waals surface area contributed by atoms with Gasteiger partial charge in [0.1, 0.15) is 5.75 Å². The van der Waals surface area contributed by atoms with Crippen LogP contribution in [0.3, 0.4) is 0 Å². The third-order valence-corrected chi connectivity index (χ3v) is 5.15. The second-order valence-corrected chi connectivity index (χ2v) is 7.16. The van der Waals surface area contributed by atoms with Crippen LogP contribution in [0.2, 0.25) is 0 Å². The lowest BCUT2D eigenvalue weighted by atomic mass is 10.2. The second-order valence-electron chi connectivity index (χ2n) is 7.16. The summed E-state index contributed by atoms with van der Waals surface area (Å²) in [5, 5.41) is 14.2. The number of nitrogens with one attached hydrogen (secondary N) is 1. The monoisotopic (exact) mass is 427 g/mol. The molecule has 31 heavy (non-hydrogen) atoms. The van der Waals surface area contributed by atoms with Crippen LogP contribution in [-0.2, 0) is 11.3 Å². The molecule has 0 aliphatic carbocycles. The molecule has 1 saturated heterocycles. The van der Waals surface area contributed by atoms with E-state index in [1.54, 1.807) is 26.4 Å². The van der Waals surface area contributed by atoms with Gasteiger partial charge < -0.3 is 24.6 Å². The van der Waals surface area contributed by atoms with Gasteiger partial charge in [0.05, 0.1) is 25.2 Å². The summed E-state index contributed by atoms with van der Waals surface area (Å²) >= 11 is 0. The Morgan fingerprint density at radius 1 is 1.13 bits per heavy atom. The lowest BCUT2D eigenvalue weighted by molar-refractivity contribution is -0.384. The van der Waals surface area contributed by atoms with Crippen LogP contribution < -0.4 is 15.0 Å². The number of non-ortho nitro benzene ring substituents is 1. The van der Waals surface area contributed by atoms with Crippen LogP contribution in [-0.4, -0.2) is 69.3 Å². The topological polar surface area (TPSA) is 92.5 Å². The fraction of sp³-hybridized carbons (Fsp3) is 0.409. The average Bonchev–Trinajstić information content (AvgIpc) is 2.82. The molecular weight excluding hydrogens is 398 g/mol. The Labute approximate surface area is 182 Å². The van der Waals surface area contributed by atoms with Crippen LogP contribution in [0, 0.1) is 10.1 Å². The summed E-state index contributed by atoms with van der Waals surface area (Å²) in [5.74, 6) is 1.67. The van der Waals surface area contributed by atoms with Crippen molar-refractivity contribution in [3.05, 3.63) is 64.2 Å². The van der Waals surface area contributed by atoms with E-state index in [-0.39, 0.29) is 5.69 Å². The highest BCUT2D eigenvalue weighted by atomic mass is 16.6. The molecule has 1 fully saturated rings. The molecular formula is C22H29N5O4. The largest absolute Gasteiger partial charge is 0.497 e. The standard InChI is InChI=1S/C22H29N5O4/c1-30-15-10-23-22(24-17-18-6-8-19(9-7-18)27(28)29)26-13-11-25(12-14-26)20-4-3-5-21(16-20)31-2/h3-9,16H,10-15,17H2,1-2H3,(H,23,24). The van der Waals surface area contributed by atoms with Crippen molar-refractivity contribution in [3.8, 4) is 5.75 Å². The van der Waals surface area contributed by atoms with Gasteiger partial charge in [-0.05, 0) is 17.7 Å². The number of anilines is 1. The number of rotatable bonds is 8. The molecule has 1 aliphatic rings. The van der Waals surface area contributed by atoms with Gasteiger partial charge in [0.15, 0.2) is 5.96 Å². The fourth-order valence-corrected chi connectivity index (χ4v) is 3.41. The van der Waals surface area contributed by atoms with E-state index in [4.69, 9.17) is 14.5 Å². The van der Waals surface area contributed by atoms with Gasteiger partial charge in [0, 0.05) is 63.7 Å². The van der Waals surface area contributed by atoms with Crippen LogP contribution in [0.4, 0.5) is 11.4 Å². The molecule has 1 N–H and O–H groups in total. The van der Waals surface area contributed by atoms with Crippen LogP contribution in [0.15, 0.2) is 53.5 Å². The van der Waals surface area contributed by atoms with Gasteiger partial charge in [-0.1, -0.05) is 18.2 Å². The molecule has 2 aromatic rings. The van der Waals surface area contributed by atoms with Crippen LogP contribution in [0.25, 0.3) is 0 Å². The zero-order valence-electron chi connectivity index (χ0n) is 18.0. The molecule has 0 radical (unpaired) electrons. The van der Waals surface area contributed by atoms with Crippen molar-refractivity contribution >= 4 is 17.3 Å². The van der Waals surface area contributed by atoms with Crippen LogP contribution in [0.5, 0.6) is 5.75 Å². The van der Waals surface area contributed by atoms with Crippen LogP contribution in [0.1, 0.15) is 5.56 Å². The summed E-state index contributed by atoms with van der Waals surface area (Å²) in [6.45, 7) is 5.09. The smallest absolute Gasteiger partial charge is 0.269 e. The van der Waals surface area contributed by atoms with Gasteiger partial charge in [-0.2, -0.15) is 0 Å². The predicted octanol–water partition coefficient (Wildman–Crippen LogP) is 2.52. The maximum atomic E-state index is 10.8. The molecule has 0 spiro atoms. The highest BCUT2D eigenvalue weighted by Crippen LogP contribution is 2.22. The predicted molar refractivity (Wildman–Crippen MR) is 121 cm³/mol. The number of guanidine groups is 1. The Morgan fingerprint density at radius 2 is 1.87 bits per heavy atom. The second kappa shape index (κ2) is 11.2. The summed E-state index contributed by atoms with van der Waals surface area (Å²) in [7, 11) is 3.35. The van der Waals surface area contributed by atoms with E-state index >= 15 is 0 Å². The maximum Gasteiger partial charge on any atom is 0.269 e. The van der Waals surface area contributed by atoms with E-state index in [0.29, 0.717) is 19.7 Å². The number of ether oxygens (including phenoxy) is 2. The van der Waals surface area contributed by atoms with E-state index in [2.05, 4.69) is 27.2 Å². The number of nitrogens with zero attached hydrogens (tertiary/aromatic N) is 4. The van der Waals surface area contributed by atoms with E-state index in [9.17, 15) is 10.1 Å². The molecule has 0 aromatic heterocycles. The number of methoxy groups -OCH3 is 2. The quantitative estimate of drug-likeness (QED) is 0.227. The molecule has 0 atom stereocenters.